The number of anilines is 1. The highest BCUT2D eigenvalue weighted by atomic mass is 15.3. The molecular formula is C13H14N4. The largest absolute Gasteiger partial charge is 0.355 e. The van der Waals surface area contributed by atoms with E-state index in [1.165, 1.54) is 19.2 Å². The van der Waals surface area contributed by atoms with Gasteiger partial charge in [-0.3, -0.25) is 0 Å². The molecule has 17 heavy (non-hydrogen) atoms. The van der Waals surface area contributed by atoms with E-state index in [4.69, 9.17) is 0 Å². The van der Waals surface area contributed by atoms with Crippen molar-refractivity contribution in [2.45, 2.75) is 12.8 Å². The molecule has 0 radical (unpaired) electrons. The van der Waals surface area contributed by atoms with Gasteiger partial charge in [-0.15, -0.1) is 10.2 Å². The lowest BCUT2D eigenvalue weighted by molar-refractivity contribution is 0.890. The van der Waals surface area contributed by atoms with Gasteiger partial charge in [0.2, 0.25) is 0 Å². The van der Waals surface area contributed by atoms with E-state index < -0.39 is 0 Å². The first kappa shape index (κ1) is 10.2. The van der Waals surface area contributed by atoms with Gasteiger partial charge in [0.1, 0.15) is 12.0 Å². The molecule has 1 aliphatic rings. The van der Waals surface area contributed by atoms with Crippen LogP contribution in [0.4, 0.5) is 5.82 Å². The van der Waals surface area contributed by atoms with Crippen molar-refractivity contribution in [1.29, 1.82) is 0 Å². The maximum absolute atomic E-state index is 4.39. The van der Waals surface area contributed by atoms with Gasteiger partial charge in [-0.1, -0.05) is 30.3 Å². The maximum atomic E-state index is 4.39. The number of aromatic nitrogens is 3. The molecule has 2 aromatic rings. The van der Waals surface area contributed by atoms with E-state index >= 15 is 0 Å². The van der Waals surface area contributed by atoms with E-state index in [1.807, 2.05) is 30.3 Å². The summed E-state index contributed by atoms with van der Waals surface area (Å²) in [5.41, 5.74) is 1.96. The Bertz CT molecular complexity index is 492. The smallest absolute Gasteiger partial charge is 0.158 e. The van der Waals surface area contributed by atoms with Crippen molar-refractivity contribution in [2.75, 3.05) is 18.0 Å². The minimum Gasteiger partial charge on any atom is -0.355 e. The number of nitrogens with zero attached hydrogens (tertiary/aromatic N) is 4. The first-order valence-electron chi connectivity index (χ1n) is 5.93. The van der Waals surface area contributed by atoms with Crippen molar-refractivity contribution in [3.63, 3.8) is 0 Å². The topological polar surface area (TPSA) is 41.9 Å². The second kappa shape index (κ2) is 4.49. The Kier molecular flexibility index (Phi) is 2.69. The molecule has 1 saturated heterocycles. The van der Waals surface area contributed by atoms with Crippen LogP contribution in [0.2, 0.25) is 0 Å². The number of rotatable bonds is 2. The van der Waals surface area contributed by atoms with Crippen LogP contribution in [0.15, 0.2) is 36.7 Å². The standard InChI is InChI=1S/C13H14N4/c1-2-6-11(7-3-1)12-13(14-10-15-16-12)17-8-4-5-9-17/h1-3,6-7,10H,4-5,8-9H2. The lowest BCUT2D eigenvalue weighted by Gasteiger charge is -2.18. The SMILES string of the molecule is c1ccc(-c2nncnc2N2CCCC2)cc1. The average molecular weight is 226 g/mol. The summed E-state index contributed by atoms with van der Waals surface area (Å²) in [5, 5.41) is 8.14. The average Bonchev–Trinajstić information content (AvgIpc) is 2.94. The molecule has 4 heteroatoms. The van der Waals surface area contributed by atoms with Crippen LogP contribution in [0.3, 0.4) is 0 Å². The van der Waals surface area contributed by atoms with Gasteiger partial charge in [-0.25, -0.2) is 4.98 Å². The Morgan fingerprint density at radius 1 is 1.00 bits per heavy atom. The molecule has 4 nitrogen and oxygen atoms in total. The number of hydrogen-bond acceptors (Lipinski definition) is 4. The summed E-state index contributed by atoms with van der Waals surface area (Å²) in [6.07, 6.45) is 4.00. The van der Waals surface area contributed by atoms with Crippen molar-refractivity contribution >= 4 is 5.82 Å². The van der Waals surface area contributed by atoms with Crippen molar-refractivity contribution < 1.29 is 0 Å². The summed E-state index contributed by atoms with van der Waals surface area (Å²) in [7, 11) is 0. The fourth-order valence-electron chi connectivity index (χ4n) is 2.21. The van der Waals surface area contributed by atoms with Crippen LogP contribution in [0, 0.1) is 0 Å². The Morgan fingerprint density at radius 3 is 2.53 bits per heavy atom. The minimum absolute atomic E-state index is 0.884. The molecule has 0 N–H and O–H groups in total. The molecular weight excluding hydrogens is 212 g/mol. The zero-order valence-corrected chi connectivity index (χ0v) is 9.58. The van der Waals surface area contributed by atoms with Gasteiger partial charge in [0.25, 0.3) is 0 Å². The van der Waals surface area contributed by atoms with Crippen molar-refractivity contribution in [3.8, 4) is 11.3 Å². The van der Waals surface area contributed by atoms with E-state index in [9.17, 15) is 0 Å². The van der Waals surface area contributed by atoms with Crippen molar-refractivity contribution in [2.24, 2.45) is 0 Å². The summed E-state index contributed by atoms with van der Waals surface area (Å²) < 4.78 is 0. The highest BCUT2D eigenvalue weighted by Gasteiger charge is 2.18. The highest BCUT2D eigenvalue weighted by Crippen LogP contribution is 2.27. The predicted molar refractivity (Wildman–Crippen MR) is 66.7 cm³/mol. The third kappa shape index (κ3) is 1.98. The van der Waals surface area contributed by atoms with Crippen molar-refractivity contribution in [1.82, 2.24) is 15.2 Å². The third-order valence-electron chi connectivity index (χ3n) is 3.05. The van der Waals surface area contributed by atoms with Crippen LogP contribution < -0.4 is 4.90 Å². The summed E-state index contributed by atoms with van der Waals surface area (Å²) in [6, 6.07) is 10.1. The first-order chi connectivity index (χ1) is 8.45. The quantitative estimate of drug-likeness (QED) is 0.786. The molecule has 0 saturated carbocycles. The van der Waals surface area contributed by atoms with E-state index in [0.29, 0.717) is 0 Å². The molecule has 1 aliphatic heterocycles. The Labute approximate surface area is 100 Å². The zero-order chi connectivity index (χ0) is 11.5. The fraction of sp³-hybridized carbons (Fsp3) is 0.308. The minimum atomic E-state index is 0.884. The number of benzene rings is 1. The Hall–Kier alpha value is -1.97. The molecule has 1 aromatic carbocycles. The summed E-state index contributed by atoms with van der Waals surface area (Å²) in [4.78, 5) is 6.68. The molecule has 0 unspecified atom stereocenters. The molecule has 3 rings (SSSR count). The predicted octanol–water partition coefficient (Wildman–Crippen LogP) is 2.14. The van der Waals surface area contributed by atoms with Gasteiger partial charge in [-0.2, -0.15) is 0 Å². The molecule has 0 aliphatic carbocycles. The van der Waals surface area contributed by atoms with Crippen LogP contribution in [0.1, 0.15) is 12.8 Å². The third-order valence-corrected chi connectivity index (χ3v) is 3.05. The molecule has 0 bridgehead atoms. The van der Waals surface area contributed by atoms with Gasteiger partial charge in [-0.05, 0) is 12.8 Å². The second-order valence-corrected chi connectivity index (χ2v) is 4.19. The normalized spacial score (nSPS) is 15.2. The summed E-state index contributed by atoms with van der Waals surface area (Å²) in [6.45, 7) is 2.14. The van der Waals surface area contributed by atoms with Gasteiger partial charge in [0, 0.05) is 18.7 Å². The van der Waals surface area contributed by atoms with Crippen LogP contribution in [0.5, 0.6) is 0 Å². The highest BCUT2D eigenvalue weighted by molar-refractivity contribution is 5.71. The van der Waals surface area contributed by atoms with Crippen LogP contribution in [-0.2, 0) is 0 Å². The van der Waals surface area contributed by atoms with E-state index in [0.717, 1.165) is 30.2 Å². The van der Waals surface area contributed by atoms with Gasteiger partial charge in [0.05, 0.1) is 0 Å². The Morgan fingerprint density at radius 2 is 1.76 bits per heavy atom. The summed E-state index contributed by atoms with van der Waals surface area (Å²) in [5.74, 6) is 0.962. The van der Waals surface area contributed by atoms with E-state index in [-0.39, 0.29) is 0 Å². The molecule has 0 atom stereocenters. The van der Waals surface area contributed by atoms with Crippen LogP contribution >= 0.6 is 0 Å². The lowest BCUT2D eigenvalue weighted by Crippen LogP contribution is -2.20. The molecule has 2 heterocycles. The molecule has 0 spiro atoms. The van der Waals surface area contributed by atoms with Gasteiger partial charge < -0.3 is 4.90 Å². The molecule has 1 fully saturated rings. The Balaban J connectivity index is 2.04. The van der Waals surface area contributed by atoms with Gasteiger partial charge >= 0.3 is 0 Å². The molecule has 0 amide bonds. The van der Waals surface area contributed by atoms with Crippen LogP contribution in [-0.4, -0.2) is 28.3 Å². The molecule has 86 valence electrons. The van der Waals surface area contributed by atoms with Gasteiger partial charge in [0.15, 0.2) is 5.82 Å². The monoisotopic (exact) mass is 226 g/mol. The zero-order valence-electron chi connectivity index (χ0n) is 9.58. The summed E-state index contributed by atoms with van der Waals surface area (Å²) >= 11 is 0. The molecule has 1 aromatic heterocycles. The fourth-order valence-corrected chi connectivity index (χ4v) is 2.21. The van der Waals surface area contributed by atoms with Crippen molar-refractivity contribution in [3.05, 3.63) is 36.7 Å². The first-order valence-corrected chi connectivity index (χ1v) is 5.93. The second-order valence-electron chi connectivity index (χ2n) is 4.19. The van der Waals surface area contributed by atoms with E-state index in [2.05, 4.69) is 20.1 Å². The maximum Gasteiger partial charge on any atom is 0.158 e. The number of hydrogen-bond donors (Lipinski definition) is 0. The van der Waals surface area contributed by atoms with Crippen LogP contribution in [0.25, 0.3) is 11.3 Å². The lowest BCUT2D eigenvalue weighted by atomic mass is 10.1. The van der Waals surface area contributed by atoms with E-state index in [1.54, 1.807) is 0 Å².